The lowest BCUT2D eigenvalue weighted by Crippen LogP contribution is -2.36. The maximum atomic E-state index is 13.7. The van der Waals surface area contributed by atoms with Crippen LogP contribution in [0.4, 0.5) is 5.69 Å². The van der Waals surface area contributed by atoms with E-state index in [1.807, 2.05) is 97.9 Å². The smallest absolute Gasteiger partial charge is 0.269 e. The van der Waals surface area contributed by atoms with Crippen molar-refractivity contribution in [3.63, 3.8) is 0 Å². The van der Waals surface area contributed by atoms with Gasteiger partial charge in [0.2, 0.25) is 5.91 Å². The van der Waals surface area contributed by atoms with E-state index in [0.717, 1.165) is 50.4 Å². The minimum absolute atomic E-state index is 0.119. The number of ketones is 1. The second kappa shape index (κ2) is 13.2. The highest BCUT2D eigenvalue weighted by atomic mass is 32.1. The van der Waals surface area contributed by atoms with Gasteiger partial charge in [0.15, 0.2) is 5.78 Å². The van der Waals surface area contributed by atoms with Gasteiger partial charge in [0, 0.05) is 17.2 Å². The summed E-state index contributed by atoms with van der Waals surface area (Å²) in [6.07, 6.45) is 3.30. The van der Waals surface area contributed by atoms with E-state index in [4.69, 9.17) is 4.74 Å². The zero-order valence-electron chi connectivity index (χ0n) is 27.2. The van der Waals surface area contributed by atoms with Gasteiger partial charge in [-0.05, 0) is 93.1 Å². The van der Waals surface area contributed by atoms with E-state index >= 15 is 0 Å². The standard InChI is InChI=1S/C37H42N2O4S/c1-22-11-10-12-28(15-22)21-43-35-26(5)16-29(17-27(35)6)18-30-36(42)39(33(44-30)19-31(40)37(7,8)9)20-32(41)38-34-24(3)13-23(2)14-25(34)4/h10-19H,20-21H2,1-9H3,(H,38,41)/b30-18+,33-19-. The van der Waals surface area contributed by atoms with Crippen LogP contribution in [0.15, 0.2) is 53.3 Å². The average molecular weight is 611 g/mol. The Morgan fingerprint density at radius 2 is 1.52 bits per heavy atom. The molecule has 44 heavy (non-hydrogen) atoms. The molecule has 3 aromatic carbocycles. The van der Waals surface area contributed by atoms with Gasteiger partial charge in [-0.1, -0.05) is 68.3 Å². The fourth-order valence-corrected chi connectivity index (χ4v) is 6.27. The second-order valence-corrected chi connectivity index (χ2v) is 13.7. The van der Waals surface area contributed by atoms with Crippen LogP contribution in [0.1, 0.15) is 65.3 Å². The van der Waals surface area contributed by atoms with Gasteiger partial charge >= 0.3 is 0 Å². The number of hydrogen-bond donors (Lipinski definition) is 1. The fourth-order valence-electron chi connectivity index (χ4n) is 5.22. The SMILES string of the molecule is Cc1cccc(COc2c(C)cc(/C=c3/s/c(=C\C(=O)C(C)(C)C)n(CC(=O)Nc4c(C)cc(C)cc4C)c3=O)cc2C)c1. The Balaban J connectivity index is 1.70. The third-order valence-corrected chi connectivity index (χ3v) is 8.48. The molecule has 0 aliphatic heterocycles. The molecule has 4 rings (SSSR count). The molecule has 7 heteroatoms. The minimum Gasteiger partial charge on any atom is -0.488 e. The molecule has 1 amide bonds. The second-order valence-electron chi connectivity index (χ2n) is 12.7. The Morgan fingerprint density at radius 3 is 2.11 bits per heavy atom. The van der Waals surface area contributed by atoms with Crippen molar-refractivity contribution in [1.29, 1.82) is 0 Å². The number of thiazole rings is 1. The van der Waals surface area contributed by atoms with Crippen molar-refractivity contribution in [2.75, 3.05) is 5.32 Å². The van der Waals surface area contributed by atoms with Crippen molar-refractivity contribution in [1.82, 2.24) is 4.57 Å². The normalized spacial score (nSPS) is 12.5. The Kier molecular flexibility index (Phi) is 9.79. The molecule has 0 spiro atoms. The first-order chi connectivity index (χ1) is 20.6. The van der Waals surface area contributed by atoms with Crippen LogP contribution < -0.4 is 24.8 Å². The summed E-state index contributed by atoms with van der Waals surface area (Å²) in [5.41, 5.74) is 7.86. The zero-order chi connectivity index (χ0) is 32.3. The van der Waals surface area contributed by atoms with E-state index in [-0.39, 0.29) is 23.8 Å². The van der Waals surface area contributed by atoms with Crippen LogP contribution in [0.25, 0.3) is 12.2 Å². The van der Waals surface area contributed by atoms with E-state index in [0.29, 0.717) is 15.8 Å². The number of carbonyl (C=O) groups excluding carboxylic acids is 2. The predicted molar refractivity (Wildman–Crippen MR) is 181 cm³/mol. The van der Waals surface area contributed by atoms with Crippen LogP contribution in [0.3, 0.4) is 0 Å². The van der Waals surface area contributed by atoms with Gasteiger partial charge in [0.25, 0.3) is 5.56 Å². The third-order valence-electron chi connectivity index (χ3n) is 7.42. The molecule has 0 aliphatic carbocycles. The lowest BCUT2D eigenvalue weighted by atomic mass is 9.91. The first-order valence-corrected chi connectivity index (χ1v) is 15.6. The largest absolute Gasteiger partial charge is 0.488 e. The van der Waals surface area contributed by atoms with Gasteiger partial charge in [0.1, 0.15) is 23.6 Å². The summed E-state index contributed by atoms with van der Waals surface area (Å²) in [5, 5.41) is 2.98. The van der Waals surface area contributed by atoms with E-state index in [2.05, 4.69) is 24.4 Å². The van der Waals surface area contributed by atoms with Crippen molar-refractivity contribution in [3.8, 4) is 5.75 Å². The molecule has 4 aromatic rings. The van der Waals surface area contributed by atoms with E-state index < -0.39 is 5.41 Å². The summed E-state index contributed by atoms with van der Waals surface area (Å²) in [4.78, 5) is 40.0. The number of aryl methyl sites for hydroxylation is 6. The van der Waals surface area contributed by atoms with Crippen molar-refractivity contribution in [2.24, 2.45) is 5.41 Å². The highest BCUT2D eigenvalue weighted by molar-refractivity contribution is 7.07. The molecule has 0 bridgehead atoms. The molecule has 0 aliphatic rings. The van der Waals surface area contributed by atoms with Gasteiger partial charge in [-0.2, -0.15) is 0 Å². The molecule has 0 saturated carbocycles. The van der Waals surface area contributed by atoms with Crippen molar-refractivity contribution in [3.05, 3.63) is 113 Å². The van der Waals surface area contributed by atoms with Crippen LogP contribution in [0, 0.1) is 47.0 Å². The maximum Gasteiger partial charge on any atom is 0.269 e. The number of rotatable bonds is 8. The Labute approximate surface area is 263 Å². The van der Waals surface area contributed by atoms with Gasteiger partial charge in [-0.15, -0.1) is 11.3 Å². The van der Waals surface area contributed by atoms with E-state index in [9.17, 15) is 14.4 Å². The molecule has 0 atom stereocenters. The van der Waals surface area contributed by atoms with Crippen LogP contribution in [-0.2, 0) is 22.7 Å². The van der Waals surface area contributed by atoms with E-state index in [1.165, 1.54) is 27.5 Å². The molecular formula is C37H42N2O4S. The number of nitrogens with zero attached hydrogens (tertiary/aromatic N) is 1. The van der Waals surface area contributed by atoms with Gasteiger partial charge in [0.05, 0.1) is 4.53 Å². The molecule has 1 aromatic heterocycles. The Morgan fingerprint density at radius 1 is 0.886 bits per heavy atom. The van der Waals surface area contributed by atoms with Crippen LogP contribution in [0.2, 0.25) is 0 Å². The highest BCUT2D eigenvalue weighted by Gasteiger charge is 2.20. The number of aromatic nitrogens is 1. The lowest BCUT2D eigenvalue weighted by Gasteiger charge is -2.14. The molecule has 0 fully saturated rings. The Bertz CT molecular complexity index is 1880. The molecule has 230 valence electrons. The number of Topliss-reactive ketones (excluding diaryl/α,β-unsaturated/α-hetero) is 1. The number of benzene rings is 3. The summed E-state index contributed by atoms with van der Waals surface area (Å²) >= 11 is 1.21. The molecule has 0 saturated heterocycles. The predicted octanol–water partition coefficient (Wildman–Crippen LogP) is 6.20. The molecule has 0 radical (unpaired) electrons. The van der Waals surface area contributed by atoms with Crippen molar-refractivity contribution >= 4 is 40.9 Å². The van der Waals surface area contributed by atoms with Gasteiger partial charge in [-0.3, -0.25) is 19.0 Å². The first-order valence-electron chi connectivity index (χ1n) is 14.8. The summed E-state index contributed by atoms with van der Waals surface area (Å²) in [6, 6.07) is 16.2. The van der Waals surface area contributed by atoms with Crippen LogP contribution in [0.5, 0.6) is 5.75 Å². The summed E-state index contributed by atoms with van der Waals surface area (Å²) in [5.74, 6) is 0.369. The van der Waals surface area contributed by atoms with Crippen LogP contribution >= 0.6 is 11.3 Å². The Hall–Kier alpha value is -4.23. The maximum absolute atomic E-state index is 13.7. The topological polar surface area (TPSA) is 77.4 Å². The average Bonchev–Trinajstić information content (AvgIpc) is 3.18. The number of amides is 1. The lowest BCUT2D eigenvalue weighted by molar-refractivity contribution is -0.120. The number of carbonyl (C=O) groups is 2. The van der Waals surface area contributed by atoms with Crippen molar-refractivity contribution < 1.29 is 14.3 Å². The van der Waals surface area contributed by atoms with Crippen LogP contribution in [-0.4, -0.2) is 16.3 Å². The number of ether oxygens (including phenoxy) is 1. The summed E-state index contributed by atoms with van der Waals surface area (Å²) in [6.45, 7) is 17.7. The summed E-state index contributed by atoms with van der Waals surface area (Å²) < 4.78 is 8.47. The summed E-state index contributed by atoms with van der Waals surface area (Å²) in [7, 11) is 0. The third kappa shape index (κ3) is 7.83. The number of nitrogens with one attached hydrogen (secondary N) is 1. The minimum atomic E-state index is -0.629. The fraction of sp³-hybridized carbons (Fsp3) is 0.324. The van der Waals surface area contributed by atoms with Gasteiger partial charge < -0.3 is 10.1 Å². The molecule has 1 N–H and O–H groups in total. The van der Waals surface area contributed by atoms with E-state index in [1.54, 1.807) is 0 Å². The molecule has 1 heterocycles. The molecule has 0 unspecified atom stereocenters. The monoisotopic (exact) mass is 610 g/mol. The highest BCUT2D eigenvalue weighted by Crippen LogP contribution is 2.26. The molecule has 6 nitrogen and oxygen atoms in total. The number of anilines is 1. The molecular weight excluding hydrogens is 568 g/mol. The number of hydrogen-bond acceptors (Lipinski definition) is 5. The zero-order valence-corrected chi connectivity index (χ0v) is 28.0. The van der Waals surface area contributed by atoms with Crippen molar-refractivity contribution in [2.45, 2.75) is 75.5 Å². The quantitative estimate of drug-likeness (QED) is 0.258. The first kappa shape index (κ1) is 32.7. The van der Waals surface area contributed by atoms with Gasteiger partial charge in [-0.25, -0.2) is 0 Å².